The van der Waals surface area contributed by atoms with Crippen LogP contribution in [0.2, 0.25) is 0 Å². The molecule has 19 heavy (non-hydrogen) atoms. The number of aliphatic hydroxyl groups excluding tert-OH is 2. The van der Waals surface area contributed by atoms with Crippen molar-refractivity contribution < 1.29 is 14.9 Å². The molecule has 0 aliphatic rings. The third-order valence-corrected chi connectivity index (χ3v) is 2.95. The molecule has 0 amide bonds. The fourth-order valence-corrected chi connectivity index (χ4v) is 1.77. The number of ether oxygens (including phenoxy) is 1. The lowest BCUT2D eigenvalue weighted by Crippen LogP contribution is -1.97. The molecule has 2 aromatic rings. The summed E-state index contributed by atoms with van der Waals surface area (Å²) in [6.45, 7) is 2.25. The van der Waals surface area contributed by atoms with Crippen LogP contribution in [0.5, 0.6) is 5.75 Å². The summed E-state index contributed by atoms with van der Waals surface area (Å²) in [6.07, 6.45) is -0.493. The summed E-state index contributed by atoms with van der Waals surface area (Å²) in [7, 11) is 0. The highest BCUT2D eigenvalue weighted by Gasteiger charge is 2.02. The zero-order valence-corrected chi connectivity index (χ0v) is 10.9. The lowest BCUT2D eigenvalue weighted by Gasteiger charge is -2.10. The van der Waals surface area contributed by atoms with Gasteiger partial charge in [0, 0.05) is 0 Å². The van der Waals surface area contributed by atoms with Gasteiger partial charge in [0.2, 0.25) is 0 Å². The summed E-state index contributed by atoms with van der Waals surface area (Å²) in [6, 6.07) is 15.1. The Balaban J connectivity index is 1.99. The van der Waals surface area contributed by atoms with Gasteiger partial charge in [-0.3, -0.25) is 0 Å². The van der Waals surface area contributed by atoms with Gasteiger partial charge in [-0.2, -0.15) is 0 Å². The normalized spacial score (nSPS) is 12.2. The molecule has 1 unspecified atom stereocenters. The van der Waals surface area contributed by atoms with Crippen LogP contribution in [0, 0.1) is 0 Å². The van der Waals surface area contributed by atoms with Gasteiger partial charge in [0.05, 0.1) is 12.7 Å². The maximum atomic E-state index is 9.51. The largest absolute Gasteiger partial charge is 0.489 e. The topological polar surface area (TPSA) is 49.7 Å². The minimum atomic E-state index is -0.493. The Kier molecular flexibility index (Phi) is 4.55. The summed E-state index contributed by atoms with van der Waals surface area (Å²) in [5.41, 5.74) is 2.77. The van der Waals surface area contributed by atoms with E-state index in [9.17, 15) is 5.11 Å². The Labute approximate surface area is 113 Å². The average molecular weight is 258 g/mol. The van der Waals surface area contributed by atoms with Crippen LogP contribution in [0.4, 0.5) is 0 Å². The second kappa shape index (κ2) is 6.36. The molecule has 100 valence electrons. The number of rotatable bonds is 5. The number of benzene rings is 2. The molecule has 2 rings (SSSR count). The molecule has 0 saturated heterocycles. The molecule has 1 atom stereocenters. The number of aliphatic hydroxyl groups is 2. The Morgan fingerprint density at radius 2 is 1.74 bits per heavy atom. The molecule has 3 nitrogen and oxygen atoms in total. The lowest BCUT2D eigenvalue weighted by molar-refractivity contribution is 0.198. The van der Waals surface area contributed by atoms with Crippen LogP contribution >= 0.6 is 0 Å². The van der Waals surface area contributed by atoms with Crippen LogP contribution < -0.4 is 4.74 Å². The molecule has 0 radical (unpaired) electrons. The van der Waals surface area contributed by atoms with Gasteiger partial charge in [0.1, 0.15) is 12.4 Å². The van der Waals surface area contributed by atoms with Gasteiger partial charge in [-0.05, 0) is 35.7 Å². The Bertz CT molecular complexity index is 518. The van der Waals surface area contributed by atoms with Crippen molar-refractivity contribution in [2.75, 3.05) is 0 Å². The predicted molar refractivity (Wildman–Crippen MR) is 73.8 cm³/mol. The van der Waals surface area contributed by atoms with Crippen molar-refractivity contribution in [3.63, 3.8) is 0 Å². The summed E-state index contributed by atoms with van der Waals surface area (Å²) in [5, 5.41) is 18.5. The fraction of sp³-hybridized carbons (Fsp3) is 0.250. The molecule has 0 aliphatic carbocycles. The Morgan fingerprint density at radius 3 is 2.37 bits per heavy atom. The first-order chi connectivity index (χ1) is 9.19. The molecule has 0 bridgehead atoms. The van der Waals surface area contributed by atoms with Crippen LogP contribution in [0.25, 0.3) is 0 Å². The quantitative estimate of drug-likeness (QED) is 0.867. The van der Waals surface area contributed by atoms with Crippen molar-refractivity contribution in [3.05, 3.63) is 65.2 Å². The van der Waals surface area contributed by atoms with Gasteiger partial charge in [-0.25, -0.2) is 0 Å². The van der Waals surface area contributed by atoms with Gasteiger partial charge in [-0.1, -0.05) is 36.4 Å². The molecule has 2 N–H and O–H groups in total. The predicted octanol–water partition coefficient (Wildman–Crippen LogP) is 2.81. The van der Waals surface area contributed by atoms with Crippen molar-refractivity contribution in [2.24, 2.45) is 0 Å². The summed E-state index contributed by atoms with van der Waals surface area (Å²) in [5.74, 6) is 0.740. The smallest absolute Gasteiger partial charge is 0.120 e. The zero-order chi connectivity index (χ0) is 13.7. The van der Waals surface area contributed by atoms with Crippen molar-refractivity contribution in [3.8, 4) is 5.75 Å². The maximum Gasteiger partial charge on any atom is 0.120 e. The molecule has 0 spiro atoms. The molecule has 0 heterocycles. The van der Waals surface area contributed by atoms with E-state index in [1.165, 1.54) is 0 Å². The van der Waals surface area contributed by atoms with E-state index < -0.39 is 6.10 Å². The lowest BCUT2D eigenvalue weighted by atomic mass is 10.1. The molecular weight excluding hydrogens is 240 g/mol. The Morgan fingerprint density at radius 1 is 1.05 bits per heavy atom. The van der Waals surface area contributed by atoms with E-state index in [1.54, 1.807) is 6.92 Å². The van der Waals surface area contributed by atoms with Crippen LogP contribution in [0.1, 0.15) is 29.7 Å². The van der Waals surface area contributed by atoms with Gasteiger partial charge >= 0.3 is 0 Å². The van der Waals surface area contributed by atoms with E-state index >= 15 is 0 Å². The first kappa shape index (κ1) is 13.6. The van der Waals surface area contributed by atoms with Gasteiger partial charge < -0.3 is 14.9 Å². The second-order valence-electron chi connectivity index (χ2n) is 4.51. The van der Waals surface area contributed by atoms with Crippen molar-refractivity contribution in [1.82, 2.24) is 0 Å². The van der Waals surface area contributed by atoms with Gasteiger partial charge in [-0.15, -0.1) is 0 Å². The molecule has 0 aromatic heterocycles. The zero-order valence-electron chi connectivity index (χ0n) is 10.9. The minimum Gasteiger partial charge on any atom is -0.489 e. The number of hydrogen-bond donors (Lipinski definition) is 2. The van der Waals surface area contributed by atoms with Crippen LogP contribution in [0.3, 0.4) is 0 Å². The fourth-order valence-electron chi connectivity index (χ4n) is 1.77. The van der Waals surface area contributed by atoms with E-state index in [4.69, 9.17) is 9.84 Å². The average Bonchev–Trinajstić information content (AvgIpc) is 2.46. The molecule has 3 heteroatoms. The van der Waals surface area contributed by atoms with E-state index in [1.807, 2.05) is 48.5 Å². The van der Waals surface area contributed by atoms with Gasteiger partial charge in [0.15, 0.2) is 0 Å². The summed E-state index contributed by atoms with van der Waals surface area (Å²) in [4.78, 5) is 0. The molecule has 2 aromatic carbocycles. The van der Waals surface area contributed by atoms with E-state index in [0.29, 0.717) is 6.61 Å². The first-order valence-corrected chi connectivity index (χ1v) is 6.28. The van der Waals surface area contributed by atoms with E-state index in [-0.39, 0.29) is 6.61 Å². The van der Waals surface area contributed by atoms with E-state index in [0.717, 1.165) is 22.4 Å². The minimum absolute atomic E-state index is 0.0531. The summed E-state index contributed by atoms with van der Waals surface area (Å²) < 4.78 is 5.68. The van der Waals surface area contributed by atoms with Crippen molar-refractivity contribution >= 4 is 0 Å². The highest BCUT2D eigenvalue weighted by Crippen LogP contribution is 2.19. The van der Waals surface area contributed by atoms with Crippen molar-refractivity contribution in [2.45, 2.75) is 26.2 Å². The monoisotopic (exact) mass is 258 g/mol. The molecule has 0 fully saturated rings. The number of hydrogen-bond acceptors (Lipinski definition) is 3. The molecule has 0 saturated carbocycles. The first-order valence-electron chi connectivity index (χ1n) is 6.28. The highest BCUT2D eigenvalue weighted by atomic mass is 16.5. The maximum absolute atomic E-state index is 9.51. The third-order valence-electron chi connectivity index (χ3n) is 2.95. The van der Waals surface area contributed by atoms with Crippen LogP contribution in [0.15, 0.2) is 48.5 Å². The molecular formula is C16H18O3. The third kappa shape index (κ3) is 3.81. The standard InChI is InChI=1S/C16H18O3/c1-12(18)15-3-2-4-16(9-15)19-11-14-7-5-13(10-17)6-8-14/h2-9,12,17-18H,10-11H2,1H3. The molecule has 0 aliphatic heterocycles. The van der Waals surface area contributed by atoms with Crippen molar-refractivity contribution in [1.29, 1.82) is 0 Å². The SMILES string of the molecule is CC(O)c1cccc(OCc2ccc(CO)cc2)c1. The Hall–Kier alpha value is -1.84. The van der Waals surface area contributed by atoms with Crippen LogP contribution in [-0.4, -0.2) is 10.2 Å². The van der Waals surface area contributed by atoms with E-state index in [2.05, 4.69) is 0 Å². The second-order valence-corrected chi connectivity index (χ2v) is 4.51. The van der Waals surface area contributed by atoms with Crippen LogP contribution in [-0.2, 0) is 13.2 Å². The van der Waals surface area contributed by atoms with Gasteiger partial charge in [0.25, 0.3) is 0 Å². The highest BCUT2D eigenvalue weighted by molar-refractivity contribution is 5.30. The summed E-state index contributed by atoms with van der Waals surface area (Å²) >= 11 is 0.